The molecule has 3 nitrogen and oxygen atoms in total. The minimum atomic E-state index is 0.646. The van der Waals surface area contributed by atoms with Crippen LogP contribution < -0.4 is 5.32 Å². The topological polar surface area (TPSA) is 30.5 Å². The van der Waals surface area contributed by atoms with E-state index in [1.54, 1.807) is 0 Å². The number of rotatable bonds is 8. The summed E-state index contributed by atoms with van der Waals surface area (Å²) in [5.41, 5.74) is 0. The third-order valence-corrected chi connectivity index (χ3v) is 2.78. The zero-order chi connectivity index (χ0) is 11.6. The number of nitrogens with one attached hydrogen (secondary N) is 1. The zero-order valence-corrected chi connectivity index (χ0v) is 10.8. The summed E-state index contributed by atoms with van der Waals surface area (Å²) in [6.45, 7) is 10.2. The highest BCUT2D eigenvalue weighted by molar-refractivity contribution is 4.65. The van der Waals surface area contributed by atoms with Crippen LogP contribution in [0.5, 0.6) is 0 Å². The summed E-state index contributed by atoms with van der Waals surface area (Å²) in [5.74, 6) is 1.37. The minimum absolute atomic E-state index is 0.646. The zero-order valence-electron chi connectivity index (χ0n) is 10.8. The SMILES string of the molecule is CC(C)COCCCNCC1CCCOC1. The van der Waals surface area contributed by atoms with E-state index in [4.69, 9.17) is 9.47 Å². The van der Waals surface area contributed by atoms with Crippen LogP contribution in [0.1, 0.15) is 33.1 Å². The van der Waals surface area contributed by atoms with Gasteiger partial charge in [0, 0.05) is 26.4 Å². The molecule has 1 aliphatic heterocycles. The Bertz CT molecular complexity index is 156. The first-order valence-electron chi connectivity index (χ1n) is 6.65. The second-order valence-corrected chi connectivity index (χ2v) is 5.11. The van der Waals surface area contributed by atoms with Gasteiger partial charge in [-0.25, -0.2) is 0 Å². The van der Waals surface area contributed by atoms with Gasteiger partial charge < -0.3 is 14.8 Å². The van der Waals surface area contributed by atoms with Crippen molar-refractivity contribution in [2.75, 3.05) is 39.5 Å². The van der Waals surface area contributed by atoms with Crippen molar-refractivity contribution in [2.24, 2.45) is 11.8 Å². The van der Waals surface area contributed by atoms with Gasteiger partial charge in [0.2, 0.25) is 0 Å². The molecule has 0 saturated carbocycles. The number of ether oxygens (including phenoxy) is 2. The van der Waals surface area contributed by atoms with Crippen molar-refractivity contribution in [3.8, 4) is 0 Å². The van der Waals surface area contributed by atoms with Gasteiger partial charge in [-0.15, -0.1) is 0 Å². The molecule has 0 amide bonds. The summed E-state index contributed by atoms with van der Waals surface area (Å²) in [6, 6.07) is 0. The highest BCUT2D eigenvalue weighted by Crippen LogP contribution is 2.11. The Morgan fingerprint density at radius 2 is 2.31 bits per heavy atom. The van der Waals surface area contributed by atoms with Crippen LogP contribution in [0, 0.1) is 11.8 Å². The van der Waals surface area contributed by atoms with Gasteiger partial charge in [-0.3, -0.25) is 0 Å². The van der Waals surface area contributed by atoms with Crippen LogP contribution >= 0.6 is 0 Å². The van der Waals surface area contributed by atoms with Crippen LogP contribution in [0.3, 0.4) is 0 Å². The number of hydrogen-bond acceptors (Lipinski definition) is 3. The predicted molar refractivity (Wildman–Crippen MR) is 66.7 cm³/mol. The van der Waals surface area contributed by atoms with Crippen molar-refractivity contribution >= 4 is 0 Å². The maximum absolute atomic E-state index is 5.52. The summed E-state index contributed by atoms with van der Waals surface area (Å²) >= 11 is 0. The van der Waals surface area contributed by atoms with E-state index < -0.39 is 0 Å². The highest BCUT2D eigenvalue weighted by atomic mass is 16.5. The second-order valence-electron chi connectivity index (χ2n) is 5.11. The molecule has 0 spiro atoms. The van der Waals surface area contributed by atoms with Gasteiger partial charge in [0.25, 0.3) is 0 Å². The molecule has 0 radical (unpaired) electrons. The van der Waals surface area contributed by atoms with E-state index in [-0.39, 0.29) is 0 Å². The lowest BCUT2D eigenvalue weighted by atomic mass is 10.0. The summed E-state index contributed by atoms with van der Waals surface area (Å²) < 4.78 is 11.0. The van der Waals surface area contributed by atoms with Crippen LogP contribution in [0.15, 0.2) is 0 Å². The monoisotopic (exact) mass is 229 g/mol. The van der Waals surface area contributed by atoms with E-state index in [2.05, 4.69) is 19.2 Å². The Morgan fingerprint density at radius 1 is 1.44 bits per heavy atom. The molecule has 0 aliphatic carbocycles. The maximum Gasteiger partial charge on any atom is 0.0506 e. The van der Waals surface area contributed by atoms with Crippen molar-refractivity contribution in [3.05, 3.63) is 0 Å². The molecule has 1 rings (SSSR count). The highest BCUT2D eigenvalue weighted by Gasteiger charge is 2.12. The van der Waals surface area contributed by atoms with Crippen LogP contribution in [0.4, 0.5) is 0 Å². The Balaban J connectivity index is 1.80. The van der Waals surface area contributed by atoms with Gasteiger partial charge in [-0.1, -0.05) is 13.8 Å². The molecular formula is C13H27NO2. The van der Waals surface area contributed by atoms with Crippen molar-refractivity contribution in [2.45, 2.75) is 33.1 Å². The molecule has 0 aromatic heterocycles. The molecule has 1 saturated heterocycles. The lowest BCUT2D eigenvalue weighted by Gasteiger charge is -2.22. The molecule has 1 heterocycles. The van der Waals surface area contributed by atoms with Crippen molar-refractivity contribution in [3.63, 3.8) is 0 Å². The van der Waals surface area contributed by atoms with Crippen LogP contribution in [0.25, 0.3) is 0 Å². The Hall–Kier alpha value is -0.120. The smallest absolute Gasteiger partial charge is 0.0506 e. The van der Waals surface area contributed by atoms with Crippen LogP contribution in [0.2, 0.25) is 0 Å². The van der Waals surface area contributed by atoms with E-state index in [0.29, 0.717) is 5.92 Å². The lowest BCUT2D eigenvalue weighted by Crippen LogP contribution is -2.30. The fourth-order valence-electron chi connectivity index (χ4n) is 1.89. The molecular weight excluding hydrogens is 202 g/mol. The third kappa shape index (κ3) is 7.20. The minimum Gasteiger partial charge on any atom is -0.381 e. The van der Waals surface area contributed by atoms with E-state index in [1.807, 2.05) is 0 Å². The predicted octanol–water partition coefficient (Wildman–Crippen LogP) is 2.07. The van der Waals surface area contributed by atoms with Gasteiger partial charge in [0.05, 0.1) is 6.61 Å². The molecule has 1 aliphatic rings. The molecule has 3 heteroatoms. The normalized spacial score (nSPS) is 21.6. The number of hydrogen-bond donors (Lipinski definition) is 1. The second kappa shape index (κ2) is 8.97. The molecule has 96 valence electrons. The van der Waals surface area contributed by atoms with Crippen molar-refractivity contribution in [1.82, 2.24) is 5.32 Å². The summed E-state index contributed by atoms with van der Waals surface area (Å²) in [4.78, 5) is 0. The fraction of sp³-hybridized carbons (Fsp3) is 1.00. The third-order valence-electron chi connectivity index (χ3n) is 2.78. The van der Waals surface area contributed by atoms with Crippen molar-refractivity contribution in [1.29, 1.82) is 0 Å². The standard InChI is InChI=1S/C13H27NO2/c1-12(2)10-15-8-4-6-14-9-13-5-3-7-16-11-13/h12-14H,3-11H2,1-2H3. The van der Waals surface area contributed by atoms with E-state index in [9.17, 15) is 0 Å². The first-order chi connectivity index (χ1) is 7.79. The lowest BCUT2D eigenvalue weighted by molar-refractivity contribution is 0.0544. The van der Waals surface area contributed by atoms with Crippen LogP contribution in [-0.4, -0.2) is 39.5 Å². The molecule has 1 N–H and O–H groups in total. The average molecular weight is 229 g/mol. The molecule has 16 heavy (non-hydrogen) atoms. The van der Waals surface area contributed by atoms with Crippen molar-refractivity contribution < 1.29 is 9.47 Å². The quantitative estimate of drug-likeness (QED) is 0.646. The van der Waals surface area contributed by atoms with E-state index in [1.165, 1.54) is 12.8 Å². The van der Waals surface area contributed by atoms with Gasteiger partial charge in [0.15, 0.2) is 0 Å². The van der Waals surface area contributed by atoms with Gasteiger partial charge in [-0.2, -0.15) is 0 Å². The average Bonchev–Trinajstić information content (AvgIpc) is 2.29. The fourth-order valence-corrected chi connectivity index (χ4v) is 1.89. The summed E-state index contributed by atoms with van der Waals surface area (Å²) in [6.07, 6.45) is 3.65. The summed E-state index contributed by atoms with van der Waals surface area (Å²) in [7, 11) is 0. The molecule has 1 atom stereocenters. The Morgan fingerprint density at radius 3 is 3.00 bits per heavy atom. The maximum atomic E-state index is 5.52. The first kappa shape index (κ1) is 13.9. The van der Waals surface area contributed by atoms with E-state index >= 15 is 0 Å². The Labute approximate surface area is 99.9 Å². The summed E-state index contributed by atoms with van der Waals surface area (Å²) in [5, 5.41) is 3.48. The Kier molecular flexibility index (Phi) is 7.81. The van der Waals surface area contributed by atoms with Gasteiger partial charge >= 0.3 is 0 Å². The molecule has 0 aromatic carbocycles. The van der Waals surface area contributed by atoms with Gasteiger partial charge in [-0.05, 0) is 37.6 Å². The molecule has 1 fully saturated rings. The largest absolute Gasteiger partial charge is 0.381 e. The molecule has 0 bridgehead atoms. The van der Waals surface area contributed by atoms with Crippen LogP contribution in [-0.2, 0) is 9.47 Å². The van der Waals surface area contributed by atoms with E-state index in [0.717, 1.165) is 51.9 Å². The molecule has 1 unspecified atom stereocenters. The first-order valence-corrected chi connectivity index (χ1v) is 6.65. The van der Waals surface area contributed by atoms with Gasteiger partial charge in [0.1, 0.15) is 0 Å². The molecule has 0 aromatic rings.